The number of hydrogen-bond donors (Lipinski definition) is 1. The Morgan fingerprint density at radius 2 is 2.29 bits per heavy atom. The maximum absolute atomic E-state index is 4.64. The summed E-state index contributed by atoms with van der Waals surface area (Å²) in [6, 6.07) is 0. The van der Waals surface area contributed by atoms with Gasteiger partial charge in [-0.3, -0.25) is 4.90 Å². The van der Waals surface area contributed by atoms with Crippen molar-refractivity contribution in [1.82, 2.24) is 15.2 Å². The van der Waals surface area contributed by atoms with E-state index in [1.165, 1.54) is 41.5 Å². The third-order valence-electron chi connectivity index (χ3n) is 3.53. The van der Waals surface area contributed by atoms with Crippen LogP contribution in [0, 0.1) is 19.8 Å². The van der Waals surface area contributed by atoms with E-state index < -0.39 is 0 Å². The van der Waals surface area contributed by atoms with Gasteiger partial charge in [0.2, 0.25) is 0 Å². The molecule has 1 aliphatic rings. The topological polar surface area (TPSA) is 28.2 Å². The van der Waals surface area contributed by atoms with Crippen LogP contribution < -0.4 is 5.32 Å². The van der Waals surface area contributed by atoms with E-state index in [1.807, 2.05) is 18.4 Å². The first kappa shape index (κ1) is 13.0. The maximum atomic E-state index is 4.64. The number of aromatic nitrogens is 1. The van der Waals surface area contributed by atoms with E-state index in [1.54, 1.807) is 0 Å². The van der Waals surface area contributed by atoms with E-state index >= 15 is 0 Å². The minimum atomic E-state index is 0.816. The monoisotopic (exact) mass is 253 g/mol. The lowest BCUT2D eigenvalue weighted by atomic mass is 9.98. The van der Waals surface area contributed by atoms with Gasteiger partial charge in [-0.2, -0.15) is 0 Å². The molecule has 0 amide bonds. The number of nitrogens with one attached hydrogen (secondary N) is 1. The third kappa shape index (κ3) is 3.50. The highest BCUT2D eigenvalue weighted by atomic mass is 32.1. The average Bonchev–Trinajstić information content (AvgIpc) is 2.59. The van der Waals surface area contributed by atoms with Crippen LogP contribution in [-0.2, 0) is 6.54 Å². The van der Waals surface area contributed by atoms with Crippen LogP contribution in [0.15, 0.2) is 0 Å². The summed E-state index contributed by atoms with van der Waals surface area (Å²) in [6.07, 6.45) is 2.70. The first-order valence-electron chi connectivity index (χ1n) is 6.49. The summed E-state index contributed by atoms with van der Waals surface area (Å²) in [6.45, 7) is 8.91. The predicted molar refractivity (Wildman–Crippen MR) is 73.5 cm³/mol. The largest absolute Gasteiger partial charge is 0.319 e. The molecule has 0 aliphatic carbocycles. The molecule has 96 valence electrons. The maximum Gasteiger partial charge on any atom is 0.107 e. The summed E-state index contributed by atoms with van der Waals surface area (Å²) in [7, 11) is 2.05. The van der Waals surface area contributed by atoms with Crippen molar-refractivity contribution in [3.8, 4) is 0 Å². The minimum Gasteiger partial charge on any atom is -0.319 e. The van der Waals surface area contributed by atoms with Crippen LogP contribution in [0.1, 0.15) is 28.4 Å². The standard InChI is InChI=1S/C13H23N3S/c1-10-11(2)17-13(15-10)9-16-6-4-5-12(8-16)7-14-3/h12,14H,4-9H2,1-3H3. The van der Waals surface area contributed by atoms with E-state index in [4.69, 9.17) is 0 Å². The second-order valence-corrected chi connectivity index (χ2v) is 6.34. The summed E-state index contributed by atoms with van der Waals surface area (Å²) in [5, 5.41) is 4.58. The molecule has 2 rings (SSSR count). The van der Waals surface area contributed by atoms with Gasteiger partial charge in [0.05, 0.1) is 12.2 Å². The van der Waals surface area contributed by atoms with Gasteiger partial charge in [0, 0.05) is 11.4 Å². The van der Waals surface area contributed by atoms with Crippen LogP contribution in [0.3, 0.4) is 0 Å². The molecule has 1 aromatic rings. The Morgan fingerprint density at radius 1 is 1.47 bits per heavy atom. The molecule has 0 radical (unpaired) electrons. The number of rotatable bonds is 4. The lowest BCUT2D eigenvalue weighted by molar-refractivity contribution is 0.166. The van der Waals surface area contributed by atoms with Gasteiger partial charge in [0.25, 0.3) is 0 Å². The summed E-state index contributed by atoms with van der Waals surface area (Å²) in [4.78, 5) is 8.56. The Bertz CT molecular complexity index is 340. The van der Waals surface area contributed by atoms with E-state index in [0.29, 0.717) is 0 Å². The van der Waals surface area contributed by atoms with Gasteiger partial charge in [0.15, 0.2) is 0 Å². The predicted octanol–water partition coefficient (Wildman–Crippen LogP) is 2.19. The lowest BCUT2D eigenvalue weighted by Crippen LogP contribution is -2.38. The molecule has 4 heteroatoms. The van der Waals surface area contributed by atoms with Crippen molar-refractivity contribution >= 4 is 11.3 Å². The molecule has 1 N–H and O–H groups in total. The van der Waals surface area contributed by atoms with E-state index in [9.17, 15) is 0 Å². The molecule has 1 aliphatic heterocycles. The van der Waals surface area contributed by atoms with Gasteiger partial charge >= 0.3 is 0 Å². The Morgan fingerprint density at radius 3 is 2.94 bits per heavy atom. The highest BCUT2D eigenvalue weighted by molar-refractivity contribution is 7.11. The molecular formula is C13H23N3S. The second-order valence-electron chi connectivity index (χ2n) is 5.05. The molecule has 1 fully saturated rings. The first-order valence-corrected chi connectivity index (χ1v) is 7.30. The quantitative estimate of drug-likeness (QED) is 0.891. The number of aryl methyl sites for hydroxylation is 2. The van der Waals surface area contributed by atoms with Crippen LogP contribution in [0.5, 0.6) is 0 Å². The number of piperidine rings is 1. The van der Waals surface area contributed by atoms with Crippen molar-refractivity contribution < 1.29 is 0 Å². The van der Waals surface area contributed by atoms with E-state index in [-0.39, 0.29) is 0 Å². The average molecular weight is 253 g/mol. The summed E-state index contributed by atoms with van der Waals surface area (Å²) in [5.74, 6) is 0.816. The summed E-state index contributed by atoms with van der Waals surface area (Å²) < 4.78 is 0. The summed E-state index contributed by atoms with van der Waals surface area (Å²) in [5.41, 5.74) is 1.20. The zero-order chi connectivity index (χ0) is 12.3. The molecule has 1 saturated heterocycles. The Hall–Kier alpha value is -0.450. The molecule has 1 unspecified atom stereocenters. The molecular weight excluding hydrogens is 230 g/mol. The minimum absolute atomic E-state index is 0.816. The van der Waals surface area contributed by atoms with Crippen molar-refractivity contribution in [3.05, 3.63) is 15.6 Å². The molecule has 1 atom stereocenters. The van der Waals surface area contributed by atoms with Crippen LogP contribution in [0.4, 0.5) is 0 Å². The molecule has 0 spiro atoms. The van der Waals surface area contributed by atoms with Gasteiger partial charge in [-0.05, 0) is 52.7 Å². The van der Waals surface area contributed by atoms with Crippen molar-refractivity contribution in [1.29, 1.82) is 0 Å². The zero-order valence-corrected chi connectivity index (χ0v) is 11.9. The number of likely N-dealkylation sites (tertiary alicyclic amines) is 1. The molecule has 17 heavy (non-hydrogen) atoms. The van der Waals surface area contributed by atoms with Gasteiger partial charge in [-0.1, -0.05) is 0 Å². The van der Waals surface area contributed by atoms with Crippen LogP contribution in [0.25, 0.3) is 0 Å². The molecule has 0 saturated carbocycles. The fourth-order valence-corrected chi connectivity index (χ4v) is 3.52. The normalized spacial score (nSPS) is 21.9. The highest BCUT2D eigenvalue weighted by Crippen LogP contribution is 2.21. The SMILES string of the molecule is CNCC1CCCN(Cc2nc(C)c(C)s2)C1. The molecule has 0 aromatic carbocycles. The molecule has 3 nitrogen and oxygen atoms in total. The van der Waals surface area contributed by atoms with Crippen LogP contribution in [-0.4, -0.2) is 36.6 Å². The van der Waals surface area contributed by atoms with Crippen molar-refractivity contribution in [2.24, 2.45) is 5.92 Å². The first-order chi connectivity index (χ1) is 8.19. The number of hydrogen-bond acceptors (Lipinski definition) is 4. The Balaban J connectivity index is 1.90. The van der Waals surface area contributed by atoms with Gasteiger partial charge < -0.3 is 5.32 Å². The summed E-state index contributed by atoms with van der Waals surface area (Å²) >= 11 is 1.85. The van der Waals surface area contributed by atoms with Gasteiger partial charge in [-0.15, -0.1) is 11.3 Å². The van der Waals surface area contributed by atoms with Gasteiger partial charge in [0.1, 0.15) is 5.01 Å². The van der Waals surface area contributed by atoms with Crippen LogP contribution in [0.2, 0.25) is 0 Å². The second kappa shape index (κ2) is 5.94. The molecule has 0 bridgehead atoms. The van der Waals surface area contributed by atoms with E-state index in [0.717, 1.165) is 19.0 Å². The molecule has 1 aromatic heterocycles. The van der Waals surface area contributed by atoms with Gasteiger partial charge in [-0.25, -0.2) is 4.98 Å². The lowest BCUT2D eigenvalue weighted by Gasteiger charge is -2.32. The fourth-order valence-electron chi connectivity index (χ4n) is 2.55. The smallest absolute Gasteiger partial charge is 0.107 e. The zero-order valence-electron chi connectivity index (χ0n) is 11.1. The van der Waals surface area contributed by atoms with E-state index in [2.05, 4.69) is 29.0 Å². The van der Waals surface area contributed by atoms with Crippen molar-refractivity contribution in [2.45, 2.75) is 33.2 Å². The number of thiazole rings is 1. The van der Waals surface area contributed by atoms with Crippen LogP contribution >= 0.6 is 11.3 Å². The Labute approximate surface area is 108 Å². The number of nitrogens with zero attached hydrogens (tertiary/aromatic N) is 2. The molecule has 2 heterocycles. The van der Waals surface area contributed by atoms with Crippen molar-refractivity contribution in [3.63, 3.8) is 0 Å². The highest BCUT2D eigenvalue weighted by Gasteiger charge is 2.20. The third-order valence-corrected chi connectivity index (χ3v) is 4.59. The van der Waals surface area contributed by atoms with Crippen molar-refractivity contribution in [2.75, 3.05) is 26.7 Å². The Kier molecular flexibility index (Phi) is 4.54. The fraction of sp³-hybridized carbons (Fsp3) is 0.769.